The van der Waals surface area contributed by atoms with Crippen LogP contribution in [0, 0.1) is 0 Å². The highest BCUT2D eigenvalue weighted by Crippen LogP contribution is 2.24. The van der Waals surface area contributed by atoms with E-state index in [9.17, 15) is 5.11 Å². The Labute approximate surface area is 105 Å². The molecule has 3 heteroatoms. The maximum Gasteiger partial charge on any atom is 0.0702 e. The van der Waals surface area contributed by atoms with Crippen molar-refractivity contribution >= 4 is 21.6 Å². The Hall–Kier alpha value is -1.06. The molecule has 0 amide bonds. The van der Waals surface area contributed by atoms with Gasteiger partial charge in [-0.15, -0.1) is 13.2 Å². The molecule has 1 N–H and O–H groups in total. The van der Waals surface area contributed by atoms with Gasteiger partial charge < -0.3 is 10.0 Å². The zero-order valence-corrected chi connectivity index (χ0v) is 10.8. The fraction of sp³-hybridized carbons (Fsp3) is 0.231. The molecule has 0 atom stereocenters. The van der Waals surface area contributed by atoms with E-state index < -0.39 is 0 Å². The summed E-state index contributed by atoms with van der Waals surface area (Å²) in [7, 11) is 0. The summed E-state index contributed by atoms with van der Waals surface area (Å²) < 4.78 is 0.970. The minimum absolute atomic E-state index is 0.0273. The van der Waals surface area contributed by atoms with Gasteiger partial charge in [-0.1, -0.05) is 28.1 Å². The lowest BCUT2D eigenvalue weighted by atomic mass is 10.1. The number of rotatable bonds is 6. The second-order valence-electron chi connectivity index (χ2n) is 3.41. The van der Waals surface area contributed by atoms with E-state index in [2.05, 4.69) is 34.0 Å². The van der Waals surface area contributed by atoms with Gasteiger partial charge in [-0.3, -0.25) is 0 Å². The maximum absolute atomic E-state index is 9.33. The van der Waals surface area contributed by atoms with Gasteiger partial charge in [-0.05, 0) is 18.2 Å². The minimum atomic E-state index is 0.0273. The lowest BCUT2D eigenvalue weighted by molar-refractivity contribution is 0.282. The van der Waals surface area contributed by atoms with Gasteiger partial charge in [-0.25, -0.2) is 0 Å². The van der Waals surface area contributed by atoms with Crippen molar-refractivity contribution in [1.82, 2.24) is 0 Å². The summed E-state index contributed by atoms with van der Waals surface area (Å²) in [6.07, 6.45) is 3.68. The first-order chi connectivity index (χ1) is 7.72. The molecule has 0 spiro atoms. The molecule has 0 radical (unpaired) electrons. The van der Waals surface area contributed by atoms with Crippen LogP contribution in [0.5, 0.6) is 0 Å². The topological polar surface area (TPSA) is 23.5 Å². The molecule has 0 aromatic heterocycles. The molecule has 0 aliphatic rings. The second kappa shape index (κ2) is 6.51. The van der Waals surface area contributed by atoms with E-state index >= 15 is 0 Å². The van der Waals surface area contributed by atoms with Crippen LogP contribution in [0.15, 0.2) is 48.0 Å². The van der Waals surface area contributed by atoms with Crippen LogP contribution < -0.4 is 4.90 Å². The highest BCUT2D eigenvalue weighted by Gasteiger charge is 2.08. The van der Waals surface area contributed by atoms with E-state index in [-0.39, 0.29) is 6.61 Å². The standard InChI is InChI=1S/C13H16BrNO/c1-3-7-15(8-4-2)13-6-5-12(14)9-11(13)10-16/h3-6,9,16H,1-2,7-8,10H2. The van der Waals surface area contributed by atoms with Gasteiger partial charge in [0.1, 0.15) is 0 Å². The van der Waals surface area contributed by atoms with Crippen LogP contribution in [0.1, 0.15) is 5.56 Å². The van der Waals surface area contributed by atoms with Gasteiger partial charge in [0.2, 0.25) is 0 Å². The molecule has 1 aromatic rings. The van der Waals surface area contributed by atoms with E-state index in [0.717, 1.165) is 28.8 Å². The van der Waals surface area contributed by atoms with Crippen LogP contribution in [0.2, 0.25) is 0 Å². The molecule has 86 valence electrons. The molecule has 0 saturated carbocycles. The number of aliphatic hydroxyl groups is 1. The molecular formula is C13H16BrNO. The Kier molecular flexibility index (Phi) is 5.29. The number of hydrogen-bond acceptors (Lipinski definition) is 2. The van der Waals surface area contributed by atoms with E-state index in [1.54, 1.807) is 0 Å². The number of halogens is 1. The molecule has 0 unspecified atom stereocenters. The summed E-state index contributed by atoms with van der Waals surface area (Å²) in [4.78, 5) is 2.11. The van der Waals surface area contributed by atoms with Crippen molar-refractivity contribution in [3.63, 3.8) is 0 Å². The third kappa shape index (κ3) is 3.22. The molecule has 16 heavy (non-hydrogen) atoms. The minimum Gasteiger partial charge on any atom is -0.392 e. The van der Waals surface area contributed by atoms with Crippen molar-refractivity contribution in [2.45, 2.75) is 6.61 Å². The average molecular weight is 282 g/mol. The quantitative estimate of drug-likeness (QED) is 0.810. The van der Waals surface area contributed by atoms with Crippen LogP contribution in [-0.4, -0.2) is 18.2 Å². The van der Waals surface area contributed by atoms with Gasteiger partial charge in [0.25, 0.3) is 0 Å². The van der Waals surface area contributed by atoms with Crippen LogP contribution in [0.4, 0.5) is 5.69 Å². The molecule has 1 aromatic carbocycles. The molecule has 0 saturated heterocycles. The predicted octanol–water partition coefficient (Wildman–Crippen LogP) is 3.12. The summed E-state index contributed by atoms with van der Waals surface area (Å²) in [5.41, 5.74) is 1.92. The van der Waals surface area contributed by atoms with Crippen molar-refractivity contribution in [3.05, 3.63) is 53.5 Å². The highest BCUT2D eigenvalue weighted by atomic mass is 79.9. The van der Waals surface area contributed by atoms with Gasteiger partial charge in [-0.2, -0.15) is 0 Å². The Morgan fingerprint density at radius 3 is 2.38 bits per heavy atom. The van der Waals surface area contributed by atoms with E-state index in [0.29, 0.717) is 0 Å². The Morgan fingerprint density at radius 1 is 1.25 bits per heavy atom. The normalized spacial score (nSPS) is 9.88. The average Bonchev–Trinajstić information content (AvgIpc) is 2.28. The molecule has 2 nitrogen and oxygen atoms in total. The summed E-state index contributed by atoms with van der Waals surface area (Å²) in [5.74, 6) is 0. The number of hydrogen-bond donors (Lipinski definition) is 1. The summed E-state index contributed by atoms with van der Waals surface area (Å²) in [6, 6.07) is 5.88. The first-order valence-electron chi connectivity index (χ1n) is 5.09. The summed E-state index contributed by atoms with van der Waals surface area (Å²) in [5, 5.41) is 9.33. The predicted molar refractivity (Wildman–Crippen MR) is 72.7 cm³/mol. The SMILES string of the molecule is C=CCN(CC=C)c1ccc(Br)cc1CO. The Bertz CT molecular complexity index is 366. The molecule has 1 rings (SSSR count). The molecule has 0 aliphatic heterocycles. The fourth-order valence-corrected chi connectivity index (χ4v) is 1.98. The molecule has 0 heterocycles. The number of anilines is 1. The fourth-order valence-electron chi connectivity index (χ4n) is 1.57. The molecule has 0 bridgehead atoms. The number of benzene rings is 1. The van der Waals surface area contributed by atoms with Crippen LogP contribution in [0.25, 0.3) is 0 Å². The summed E-state index contributed by atoms with van der Waals surface area (Å²) >= 11 is 3.39. The number of nitrogens with zero attached hydrogens (tertiary/aromatic N) is 1. The first kappa shape index (κ1) is 13.0. The van der Waals surface area contributed by atoms with Crippen molar-refractivity contribution in [2.75, 3.05) is 18.0 Å². The van der Waals surface area contributed by atoms with Crippen LogP contribution >= 0.6 is 15.9 Å². The lowest BCUT2D eigenvalue weighted by Crippen LogP contribution is -2.24. The van der Waals surface area contributed by atoms with E-state index in [1.165, 1.54) is 0 Å². The Morgan fingerprint density at radius 2 is 1.88 bits per heavy atom. The van der Waals surface area contributed by atoms with Crippen molar-refractivity contribution in [1.29, 1.82) is 0 Å². The van der Waals surface area contributed by atoms with Crippen LogP contribution in [0.3, 0.4) is 0 Å². The highest BCUT2D eigenvalue weighted by molar-refractivity contribution is 9.10. The largest absolute Gasteiger partial charge is 0.392 e. The van der Waals surface area contributed by atoms with Gasteiger partial charge >= 0.3 is 0 Å². The van der Waals surface area contributed by atoms with Gasteiger partial charge in [0.05, 0.1) is 6.61 Å². The summed E-state index contributed by atoms with van der Waals surface area (Å²) in [6.45, 7) is 8.97. The third-order valence-corrected chi connectivity index (χ3v) is 2.74. The zero-order valence-electron chi connectivity index (χ0n) is 9.19. The third-order valence-electron chi connectivity index (χ3n) is 2.25. The van der Waals surface area contributed by atoms with Crippen LogP contribution in [-0.2, 0) is 6.61 Å². The first-order valence-corrected chi connectivity index (χ1v) is 5.88. The monoisotopic (exact) mass is 281 g/mol. The van der Waals surface area contributed by atoms with Crippen molar-refractivity contribution < 1.29 is 5.11 Å². The molecule has 0 aliphatic carbocycles. The van der Waals surface area contributed by atoms with Crippen molar-refractivity contribution in [3.8, 4) is 0 Å². The molecular weight excluding hydrogens is 266 g/mol. The molecule has 0 fully saturated rings. The number of aliphatic hydroxyl groups excluding tert-OH is 1. The van der Waals surface area contributed by atoms with E-state index in [4.69, 9.17) is 0 Å². The smallest absolute Gasteiger partial charge is 0.0702 e. The zero-order chi connectivity index (χ0) is 12.0. The maximum atomic E-state index is 9.33. The Balaban J connectivity index is 3.06. The van der Waals surface area contributed by atoms with E-state index in [1.807, 2.05) is 30.4 Å². The van der Waals surface area contributed by atoms with Crippen molar-refractivity contribution in [2.24, 2.45) is 0 Å². The lowest BCUT2D eigenvalue weighted by Gasteiger charge is -2.24. The van der Waals surface area contributed by atoms with Gasteiger partial charge in [0, 0.05) is 28.8 Å². The second-order valence-corrected chi connectivity index (χ2v) is 4.33. The van der Waals surface area contributed by atoms with Gasteiger partial charge in [0.15, 0.2) is 0 Å².